The first-order valence-electron chi connectivity index (χ1n) is 8.98. The van der Waals surface area contributed by atoms with Crippen molar-refractivity contribution in [1.29, 1.82) is 0 Å². The first kappa shape index (κ1) is 18.4. The Hall–Kier alpha value is -3.95. The molecule has 0 bridgehead atoms. The molecule has 0 fully saturated rings. The van der Waals surface area contributed by atoms with Crippen LogP contribution in [0.2, 0.25) is 0 Å². The van der Waals surface area contributed by atoms with E-state index < -0.39 is 10.9 Å². The average molecular weight is 394 g/mol. The molecule has 4 aromatic rings. The van der Waals surface area contributed by atoms with Crippen molar-refractivity contribution in [2.75, 3.05) is 10.6 Å². The van der Waals surface area contributed by atoms with Crippen LogP contribution in [0, 0.1) is 6.92 Å². The summed E-state index contributed by atoms with van der Waals surface area (Å²) in [4.78, 5) is 24.3. The van der Waals surface area contributed by atoms with Crippen LogP contribution in [-0.2, 0) is 0 Å². The molecule has 0 unspecified atom stereocenters. The fourth-order valence-corrected chi connectivity index (χ4v) is 3.07. The maximum absolute atomic E-state index is 12.2. The van der Waals surface area contributed by atoms with Gasteiger partial charge < -0.3 is 20.2 Å². The number of aromatic nitrogens is 4. The van der Waals surface area contributed by atoms with Crippen molar-refractivity contribution in [2.45, 2.75) is 26.3 Å². The van der Waals surface area contributed by atoms with Gasteiger partial charge >= 0.3 is 0 Å². The molecule has 0 saturated carbocycles. The average Bonchev–Trinajstić information content (AvgIpc) is 3.40. The third-order valence-corrected chi connectivity index (χ3v) is 4.62. The number of phenols is 1. The minimum atomic E-state index is -0.664. The topological polar surface area (TPSA) is 146 Å². The number of benzene rings is 1. The van der Waals surface area contributed by atoms with Crippen molar-refractivity contribution >= 4 is 17.1 Å². The lowest BCUT2D eigenvalue weighted by Gasteiger charge is -2.20. The Morgan fingerprint density at radius 1 is 1.17 bits per heavy atom. The van der Waals surface area contributed by atoms with Gasteiger partial charge in [-0.2, -0.15) is 5.21 Å². The highest BCUT2D eigenvalue weighted by Crippen LogP contribution is 2.36. The molecule has 0 aliphatic heterocycles. The van der Waals surface area contributed by atoms with E-state index >= 15 is 0 Å². The number of rotatable bonds is 7. The van der Waals surface area contributed by atoms with E-state index in [1.54, 1.807) is 18.2 Å². The van der Waals surface area contributed by atoms with Crippen LogP contribution in [0.3, 0.4) is 0 Å². The van der Waals surface area contributed by atoms with Crippen molar-refractivity contribution in [2.24, 2.45) is 0 Å². The van der Waals surface area contributed by atoms with E-state index in [9.17, 15) is 14.7 Å². The summed E-state index contributed by atoms with van der Waals surface area (Å²) in [7, 11) is 0. The Balaban J connectivity index is 1.63. The number of hydrogen-bond donors (Lipinski definition) is 4. The highest BCUT2D eigenvalue weighted by atomic mass is 16.3. The molecule has 2 aromatic carbocycles. The van der Waals surface area contributed by atoms with Crippen LogP contribution in [-0.4, -0.2) is 25.7 Å². The van der Waals surface area contributed by atoms with Gasteiger partial charge in [0.1, 0.15) is 28.6 Å². The van der Waals surface area contributed by atoms with Crippen LogP contribution in [0.5, 0.6) is 5.75 Å². The first-order chi connectivity index (χ1) is 14.0. The van der Waals surface area contributed by atoms with Crippen LogP contribution >= 0.6 is 0 Å². The van der Waals surface area contributed by atoms with Crippen LogP contribution in [0.25, 0.3) is 11.4 Å². The molecule has 29 heavy (non-hydrogen) atoms. The molecule has 0 radical (unpaired) electrons. The monoisotopic (exact) mass is 394 g/mol. The molecule has 148 valence electrons. The van der Waals surface area contributed by atoms with Crippen LogP contribution in [0.15, 0.2) is 44.3 Å². The molecule has 10 heteroatoms. The second-order valence-electron chi connectivity index (χ2n) is 6.52. The zero-order valence-electron chi connectivity index (χ0n) is 15.7. The van der Waals surface area contributed by atoms with E-state index in [0.29, 0.717) is 17.7 Å². The number of hydrogen-bond acceptors (Lipinski definition) is 9. The third-order valence-electron chi connectivity index (χ3n) is 4.62. The quantitative estimate of drug-likeness (QED) is 0.274. The second-order valence-corrected chi connectivity index (χ2v) is 6.52. The number of aromatic amines is 1. The van der Waals surface area contributed by atoms with Gasteiger partial charge in [0, 0.05) is 0 Å². The molecule has 1 atom stereocenters. The highest BCUT2D eigenvalue weighted by molar-refractivity contribution is 5.83. The summed E-state index contributed by atoms with van der Waals surface area (Å²) in [6, 6.07) is 8.24. The fourth-order valence-electron chi connectivity index (χ4n) is 3.07. The molecular formula is C19H18N6O4. The number of aryl methyl sites for hydroxylation is 1. The number of H-pyrrole nitrogens is 1. The molecule has 0 saturated heterocycles. The molecule has 0 aliphatic rings. The number of phenolic OH excluding ortho intramolecular Hbond substituents is 1. The lowest BCUT2D eigenvalue weighted by Crippen LogP contribution is -2.37. The summed E-state index contributed by atoms with van der Waals surface area (Å²) in [6.07, 6.45) is 0.643. The lowest BCUT2D eigenvalue weighted by atomic mass is 10.1. The molecule has 2 aromatic heterocycles. The maximum Gasteiger partial charge on any atom is 0.253 e. The van der Waals surface area contributed by atoms with E-state index in [-0.39, 0.29) is 34.7 Å². The van der Waals surface area contributed by atoms with Crippen molar-refractivity contribution in [3.05, 3.63) is 62.3 Å². The van der Waals surface area contributed by atoms with E-state index in [1.165, 1.54) is 0 Å². The van der Waals surface area contributed by atoms with Crippen molar-refractivity contribution in [3.8, 4) is 17.1 Å². The van der Waals surface area contributed by atoms with Gasteiger partial charge in [-0.25, -0.2) is 0 Å². The van der Waals surface area contributed by atoms with Crippen molar-refractivity contribution in [1.82, 2.24) is 20.6 Å². The maximum atomic E-state index is 12.2. The molecule has 0 spiro atoms. The van der Waals surface area contributed by atoms with Crippen molar-refractivity contribution in [3.63, 3.8) is 0 Å². The lowest BCUT2D eigenvalue weighted by molar-refractivity contribution is 0.452. The SMILES string of the molecule is CC[C@@H](Nc1c(Nc2cccc(-c3nn[nH]n3)c2O)c(=O)c1=O)c1ccc(C)o1. The minimum absolute atomic E-state index is 0.0808. The van der Waals surface area contributed by atoms with E-state index in [4.69, 9.17) is 4.42 Å². The smallest absolute Gasteiger partial charge is 0.253 e. The van der Waals surface area contributed by atoms with Crippen LogP contribution in [0.4, 0.5) is 17.1 Å². The predicted octanol–water partition coefficient (Wildman–Crippen LogP) is 2.38. The Labute approximate surface area is 164 Å². The van der Waals surface area contributed by atoms with Crippen LogP contribution < -0.4 is 21.5 Å². The summed E-state index contributed by atoms with van der Waals surface area (Å²) in [5, 5.41) is 29.9. The van der Waals surface area contributed by atoms with Gasteiger partial charge in [-0.1, -0.05) is 13.0 Å². The van der Waals surface area contributed by atoms with Gasteiger partial charge in [-0.15, -0.1) is 10.2 Å². The third kappa shape index (κ3) is 3.24. The fraction of sp³-hybridized carbons (Fsp3) is 0.211. The Morgan fingerprint density at radius 3 is 2.62 bits per heavy atom. The summed E-state index contributed by atoms with van der Waals surface area (Å²) in [5.74, 6) is 1.47. The van der Waals surface area contributed by atoms with Gasteiger partial charge in [-0.05, 0) is 42.8 Å². The Bertz CT molecular complexity index is 1220. The van der Waals surface area contributed by atoms with Gasteiger partial charge in [0.05, 0.1) is 17.3 Å². The Kier molecular flexibility index (Phi) is 4.59. The number of anilines is 3. The summed E-state index contributed by atoms with van der Waals surface area (Å²) in [5.41, 5.74) is -0.485. The number of furan rings is 1. The summed E-state index contributed by atoms with van der Waals surface area (Å²) < 4.78 is 5.63. The largest absolute Gasteiger partial charge is 0.505 e. The molecule has 4 N–H and O–H groups in total. The predicted molar refractivity (Wildman–Crippen MR) is 106 cm³/mol. The summed E-state index contributed by atoms with van der Waals surface area (Å²) >= 11 is 0. The van der Waals surface area contributed by atoms with Crippen molar-refractivity contribution < 1.29 is 9.52 Å². The van der Waals surface area contributed by atoms with Gasteiger partial charge in [0.15, 0.2) is 0 Å². The standard InChI is InChI=1S/C19H18N6O4/c1-3-11(13-8-7-9(2)29-13)20-14-15(18(28)17(14)27)21-12-6-4-5-10(16(12)26)19-22-24-25-23-19/h4-8,11,20-21,26H,3H2,1-2H3,(H,22,23,24,25)/t11-/m1/s1. The molecule has 0 amide bonds. The van der Waals surface area contributed by atoms with E-state index in [0.717, 1.165) is 5.76 Å². The van der Waals surface area contributed by atoms with Gasteiger partial charge in [-0.3, -0.25) is 9.59 Å². The second kappa shape index (κ2) is 7.23. The molecule has 2 heterocycles. The Morgan fingerprint density at radius 2 is 1.97 bits per heavy atom. The summed E-state index contributed by atoms with van der Waals surface area (Å²) in [6.45, 7) is 3.77. The molecular weight excluding hydrogens is 376 g/mol. The van der Waals surface area contributed by atoms with Crippen LogP contribution in [0.1, 0.15) is 30.9 Å². The molecule has 0 aliphatic carbocycles. The zero-order valence-corrected chi connectivity index (χ0v) is 15.7. The number of nitrogens with one attached hydrogen (secondary N) is 3. The highest BCUT2D eigenvalue weighted by Gasteiger charge is 2.26. The van der Waals surface area contributed by atoms with E-state index in [1.807, 2.05) is 26.0 Å². The number of para-hydroxylation sites is 1. The number of tetrazole rings is 1. The number of aromatic hydroxyl groups is 1. The van der Waals surface area contributed by atoms with Gasteiger partial charge in [0.2, 0.25) is 5.82 Å². The zero-order chi connectivity index (χ0) is 20.5. The first-order valence-corrected chi connectivity index (χ1v) is 8.98. The van der Waals surface area contributed by atoms with Gasteiger partial charge in [0.25, 0.3) is 10.9 Å². The molecule has 4 rings (SSSR count). The molecule has 10 nitrogen and oxygen atoms in total. The minimum Gasteiger partial charge on any atom is -0.505 e. The normalized spacial score (nSPS) is 12.2. The number of nitrogens with zero attached hydrogens (tertiary/aromatic N) is 3. The van der Waals surface area contributed by atoms with E-state index in [2.05, 4.69) is 31.3 Å².